The standard InChI is InChI=1S/C11H13F2N/c12-11(13)6-10(7-11)14-8-9-4-2-1-3-5-9/h1-5,10,14H,6-8H2. The highest BCUT2D eigenvalue weighted by Gasteiger charge is 2.44. The van der Waals surface area contributed by atoms with Crippen LogP contribution >= 0.6 is 0 Å². The minimum atomic E-state index is -2.42. The lowest BCUT2D eigenvalue weighted by Crippen LogP contribution is -2.48. The van der Waals surface area contributed by atoms with E-state index in [4.69, 9.17) is 0 Å². The lowest BCUT2D eigenvalue weighted by molar-refractivity contribution is -0.0930. The van der Waals surface area contributed by atoms with Crippen molar-refractivity contribution in [2.45, 2.75) is 31.4 Å². The molecule has 1 nitrogen and oxygen atoms in total. The molecule has 0 heterocycles. The second-order valence-corrected chi connectivity index (χ2v) is 3.83. The molecule has 1 N–H and O–H groups in total. The van der Waals surface area contributed by atoms with Gasteiger partial charge in [0.05, 0.1) is 0 Å². The lowest BCUT2D eigenvalue weighted by atomic mass is 9.88. The van der Waals surface area contributed by atoms with Gasteiger partial charge in [-0.1, -0.05) is 30.3 Å². The third kappa shape index (κ3) is 2.29. The first-order valence-electron chi connectivity index (χ1n) is 4.81. The fraction of sp³-hybridized carbons (Fsp3) is 0.455. The molecule has 1 saturated carbocycles. The Morgan fingerprint density at radius 3 is 2.43 bits per heavy atom. The molecule has 1 aromatic carbocycles. The number of halogens is 2. The highest BCUT2D eigenvalue weighted by molar-refractivity contribution is 5.14. The Bertz CT molecular complexity index is 289. The van der Waals surface area contributed by atoms with Crippen molar-refractivity contribution in [3.05, 3.63) is 35.9 Å². The largest absolute Gasteiger partial charge is 0.309 e. The van der Waals surface area contributed by atoms with Gasteiger partial charge >= 0.3 is 0 Å². The number of alkyl halides is 2. The van der Waals surface area contributed by atoms with Gasteiger partial charge < -0.3 is 5.32 Å². The molecule has 2 rings (SSSR count). The first-order chi connectivity index (χ1) is 6.66. The van der Waals surface area contributed by atoms with Gasteiger partial charge in [-0.2, -0.15) is 0 Å². The van der Waals surface area contributed by atoms with Gasteiger partial charge in [0.25, 0.3) is 5.92 Å². The zero-order valence-corrected chi connectivity index (χ0v) is 7.84. The summed E-state index contributed by atoms with van der Waals surface area (Å²) in [5, 5.41) is 3.11. The molecule has 0 saturated heterocycles. The third-order valence-electron chi connectivity index (χ3n) is 2.53. The van der Waals surface area contributed by atoms with Crippen LogP contribution in [-0.4, -0.2) is 12.0 Å². The van der Waals surface area contributed by atoms with Crippen molar-refractivity contribution < 1.29 is 8.78 Å². The Morgan fingerprint density at radius 2 is 1.86 bits per heavy atom. The van der Waals surface area contributed by atoms with Gasteiger partial charge in [0, 0.05) is 25.4 Å². The molecule has 0 atom stereocenters. The van der Waals surface area contributed by atoms with E-state index < -0.39 is 5.92 Å². The van der Waals surface area contributed by atoms with Gasteiger partial charge in [-0.25, -0.2) is 8.78 Å². The van der Waals surface area contributed by atoms with Gasteiger partial charge in [0.1, 0.15) is 0 Å². The fourth-order valence-electron chi connectivity index (χ4n) is 1.66. The maximum atomic E-state index is 12.5. The Kier molecular flexibility index (Phi) is 2.50. The number of rotatable bonds is 3. The maximum Gasteiger partial charge on any atom is 0.251 e. The van der Waals surface area contributed by atoms with Crippen LogP contribution in [0.5, 0.6) is 0 Å². The van der Waals surface area contributed by atoms with Gasteiger partial charge in [-0.05, 0) is 5.56 Å². The normalized spacial score (nSPS) is 20.4. The third-order valence-corrected chi connectivity index (χ3v) is 2.53. The molecular formula is C11H13F2N. The van der Waals surface area contributed by atoms with Gasteiger partial charge in [0.2, 0.25) is 0 Å². The molecule has 1 fully saturated rings. The highest BCUT2D eigenvalue weighted by atomic mass is 19.3. The molecule has 0 radical (unpaired) electrons. The van der Waals surface area contributed by atoms with E-state index >= 15 is 0 Å². The van der Waals surface area contributed by atoms with E-state index in [1.54, 1.807) is 0 Å². The average molecular weight is 197 g/mol. The summed E-state index contributed by atoms with van der Waals surface area (Å²) < 4.78 is 24.9. The number of benzene rings is 1. The van der Waals surface area contributed by atoms with E-state index in [1.807, 2.05) is 30.3 Å². The van der Waals surface area contributed by atoms with E-state index in [0.29, 0.717) is 6.54 Å². The van der Waals surface area contributed by atoms with Crippen molar-refractivity contribution in [1.29, 1.82) is 0 Å². The Labute approximate surface area is 82.1 Å². The van der Waals surface area contributed by atoms with E-state index in [-0.39, 0.29) is 18.9 Å². The van der Waals surface area contributed by atoms with Crippen LogP contribution in [0.25, 0.3) is 0 Å². The molecular weight excluding hydrogens is 184 g/mol. The number of hydrogen-bond acceptors (Lipinski definition) is 1. The number of hydrogen-bond donors (Lipinski definition) is 1. The SMILES string of the molecule is FC1(F)CC(NCc2ccccc2)C1. The monoisotopic (exact) mass is 197 g/mol. The smallest absolute Gasteiger partial charge is 0.251 e. The van der Waals surface area contributed by atoms with Crippen molar-refractivity contribution in [1.82, 2.24) is 5.32 Å². The maximum absolute atomic E-state index is 12.5. The zero-order chi connectivity index (χ0) is 10.0. The van der Waals surface area contributed by atoms with Crippen molar-refractivity contribution in [2.24, 2.45) is 0 Å². The summed E-state index contributed by atoms with van der Waals surface area (Å²) in [7, 11) is 0. The molecule has 1 aromatic rings. The molecule has 0 unspecified atom stereocenters. The molecule has 0 aliphatic heterocycles. The minimum Gasteiger partial charge on any atom is -0.309 e. The van der Waals surface area contributed by atoms with Crippen LogP contribution in [0.2, 0.25) is 0 Å². The fourth-order valence-corrected chi connectivity index (χ4v) is 1.66. The Morgan fingerprint density at radius 1 is 1.21 bits per heavy atom. The molecule has 0 bridgehead atoms. The molecule has 0 amide bonds. The molecule has 1 aliphatic rings. The Balaban J connectivity index is 1.75. The van der Waals surface area contributed by atoms with Crippen molar-refractivity contribution in [3.63, 3.8) is 0 Å². The van der Waals surface area contributed by atoms with Crippen LogP contribution in [0.1, 0.15) is 18.4 Å². The molecule has 76 valence electrons. The first-order valence-corrected chi connectivity index (χ1v) is 4.81. The first kappa shape index (κ1) is 9.59. The average Bonchev–Trinajstić information content (AvgIpc) is 2.13. The summed E-state index contributed by atoms with van der Waals surface area (Å²) in [6.45, 7) is 0.682. The summed E-state index contributed by atoms with van der Waals surface area (Å²) in [5.41, 5.74) is 1.14. The summed E-state index contributed by atoms with van der Waals surface area (Å²) >= 11 is 0. The van der Waals surface area contributed by atoms with E-state index in [1.165, 1.54) is 0 Å². The molecule has 3 heteroatoms. The quantitative estimate of drug-likeness (QED) is 0.785. The zero-order valence-electron chi connectivity index (χ0n) is 7.84. The van der Waals surface area contributed by atoms with Crippen LogP contribution in [0, 0.1) is 0 Å². The second kappa shape index (κ2) is 3.65. The molecule has 0 aromatic heterocycles. The molecule has 14 heavy (non-hydrogen) atoms. The molecule has 0 spiro atoms. The van der Waals surface area contributed by atoms with E-state index in [0.717, 1.165) is 5.56 Å². The summed E-state index contributed by atoms with van der Waals surface area (Å²) in [4.78, 5) is 0. The highest BCUT2D eigenvalue weighted by Crippen LogP contribution is 2.37. The topological polar surface area (TPSA) is 12.0 Å². The lowest BCUT2D eigenvalue weighted by Gasteiger charge is -2.35. The van der Waals surface area contributed by atoms with Crippen LogP contribution < -0.4 is 5.32 Å². The molecule has 1 aliphatic carbocycles. The predicted molar refractivity (Wildman–Crippen MR) is 51.3 cm³/mol. The summed E-state index contributed by atoms with van der Waals surface area (Å²) in [5.74, 6) is -2.42. The van der Waals surface area contributed by atoms with Crippen molar-refractivity contribution >= 4 is 0 Å². The van der Waals surface area contributed by atoms with Crippen molar-refractivity contribution in [2.75, 3.05) is 0 Å². The summed E-state index contributed by atoms with van der Waals surface area (Å²) in [6.07, 6.45) is -0.0281. The predicted octanol–water partition coefficient (Wildman–Crippen LogP) is 2.57. The summed E-state index contributed by atoms with van der Waals surface area (Å²) in [6, 6.07) is 9.82. The van der Waals surface area contributed by atoms with Crippen LogP contribution in [-0.2, 0) is 6.54 Å². The Hall–Kier alpha value is -0.960. The van der Waals surface area contributed by atoms with Crippen LogP contribution in [0.3, 0.4) is 0 Å². The van der Waals surface area contributed by atoms with E-state index in [9.17, 15) is 8.78 Å². The van der Waals surface area contributed by atoms with Gasteiger partial charge in [-0.15, -0.1) is 0 Å². The van der Waals surface area contributed by atoms with Crippen LogP contribution in [0.15, 0.2) is 30.3 Å². The second-order valence-electron chi connectivity index (χ2n) is 3.83. The van der Waals surface area contributed by atoms with Crippen LogP contribution in [0.4, 0.5) is 8.78 Å². The minimum absolute atomic E-state index is 0.00907. The van der Waals surface area contributed by atoms with Gasteiger partial charge in [-0.3, -0.25) is 0 Å². The van der Waals surface area contributed by atoms with Crippen molar-refractivity contribution in [3.8, 4) is 0 Å². The number of nitrogens with one attached hydrogen (secondary N) is 1. The van der Waals surface area contributed by atoms with Gasteiger partial charge in [0.15, 0.2) is 0 Å². The van der Waals surface area contributed by atoms with E-state index in [2.05, 4.69) is 5.32 Å².